The number of carbonyl (C=O) groups is 1. The number of hydrogen-bond acceptors (Lipinski definition) is 4. The van der Waals surface area contributed by atoms with Crippen LogP contribution in [0.25, 0.3) is 26.9 Å². The zero-order valence-electron chi connectivity index (χ0n) is 20.5. The monoisotopic (exact) mass is 499 g/mol. The second-order valence-corrected chi connectivity index (χ2v) is 10.6. The maximum Gasteiger partial charge on any atom is 0.159 e. The normalized spacial score (nSPS) is 14.2. The van der Waals surface area contributed by atoms with Crippen molar-refractivity contribution in [2.24, 2.45) is 0 Å². The van der Waals surface area contributed by atoms with E-state index in [1.54, 1.807) is 25.1 Å². The van der Waals surface area contributed by atoms with Gasteiger partial charge in [0.25, 0.3) is 0 Å². The topological polar surface area (TPSA) is 40.5 Å². The molecule has 0 unspecified atom stereocenters. The van der Waals surface area contributed by atoms with E-state index >= 15 is 4.39 Å². The van der Waals surface area contributed by atoms with Crippen LogP contribution in [0, 0.1) is 5.82 Å². The van der Waals surface area contributed by atoms with Crippen LogP contribution in [-0.2, 0) is 6.54 Å². The van der Waals surface area contributed by atoms with E-state index in [9.17, 15) is 9.90 Å². The molecule has 0 radical (unpaired) electrons. The molecule has 184 valence electrons. The van der Waals surface area contributed by atoms with Crippen molar-refractivity contribution < 1.29 is 14.3 Å². The number of Topliss-reactive ketones (excluding diaryl/α,β-unsaturated/α-hetero) is 1. The summed E-state index contributed by atoms with van der Waals surface area (Å²) in [7, 11) is 0. The minimum atomic E-state index is -0.256. The molecule has 1 N–H and O–H groups in total. The van der Waals surface area contributed by atoms with Gasteiger partial charge in [0.1, 0.15) is 11.6 Å². The van der Waals surface area contributed by atoms with Gasteiger partial charge in [-0.2, -0.15) is 0 Å². The van der Waals surface area contributed by atoms with Gasteiger partial charge in [0, 0.05) is 33.8 Å². The van der Waals surface area contributed by atoms with E-state index in [0.717, 1.165) is 57.5 Å². The van der Waals surface area contributed by atoms with Crippen molar-refractivity contribution in [3.63, 3.8) is 0 Å². The number of benzene rings is 3. The van der Waals surface area contributed by atoms with Crippen molar-refractivity contribution in [1.82, 2.24) is 4.90 Å². The molecule has 1 aliphatic carbocycles. The standard InChI is InChI=1S/C31H30FNO2S/c1-20(31-30(35)27-10-6-7-11-29(27)36-31)33(26-8-4-3-5-9-26)19-25-18-24(16-17-28(25)32)23-14-12-22(13-15-23)21(2)34/h6-7,10-18,26,35H,1,3-5,8-9,19H2,2H3. The van der Waals surface area contributed by atoms with Gasteiger partial charge in [0.2, 0.25) is 0 Å². The summed E-state index contributed by atoms with van der Waals surface area (Å²) >= 11 is 1.53. The van der Waals surface area contributed by atoms with Crippen LogP contribution in [0.5, 0.6) is 5.75 Å². The van der Waals surface area contributed by atoms with Crippen molar-refractivity contribution in [2.45, 2.75) is 51.6 Å². The highest BCUT2D eigenvalue weighted by atomic mass is 32.1. The number of carbonyl (C=O) groups excluding carboxylic acids is 1. The maximum atomic E-state index is 15.1. The van der Waals surface area contributed by atoms with Gasteiger partial charge >= 0.3 is 0 Å². The van der Waals surface area contributed by atoms with Gasteiger partial charge in [-0.3, -0.25) is 4.79 Å². The molecule has 0 amide bonds. The predicted molar refractivity (Wildman–Crippen MR) is 147 cm³/mol. The van der Waals surface area contributed by atoms with E-state index in [1.807, 2.05) is 42.5 Å². The Balaban J connectivity index is 1.50. The van der Waals surface area contributed by atoms with Gasteiger partial charge < -0.3 is 10.0 Å². The second-order valence-electron chi connectivity index (χ2n) is 9.58. The molecule has 1 heterocycles. The van der Waals surface area contributed by atoms with E-state index in [4.69, 9.17) is 0 Å². The fourth-order valence-electron chi connectivity index (χ4n) is 5.15. The molecule has 3 nitrogen and oxygen atoms in total. The number of fused-ring (bicyclic) bond motifs is 1. The average Bonchev–Trinajstić information content (AvgIpc) is 3.25. The Morgan fingerprint density at radius 3 is 2.42 bits per heavy atom. The zero-order valence-corrected chi connectivity index (χ0v) is 21.3. The van der Waals surface area contributed by atoms with Crippen molar-refractivity contribution >= 4 is 32.9 Å². The van der Waals surface area contributed by atoms with Crippen molar-refractivity contribution in [3.05, 3.63) is 95.1 Å². The lowest BCUT2D eigenvalue weighted by molar-refractivity contribution is 0.101. The molecular formula is C31H30FNO2S. The number of thiophene rings is 1. The fourth-order valence-corrected chi connectivity index (χ4v) is 6.23. The minimum absolute atomic E-state index is 0.0208. The number of rotatable bonds is 7. The number of halogens is 1. The van der Waals surface area contributed by atoms with Crippen LogP contribution in [0.15, 0.2) is 73.3 Å². The third kappa shape index (κ3) is 4.80. The van der Waals surface area contributed by atoms with Gasteiger partial charge in [-0.05, 0) is 55.2 Å². The minimum Gasteiger partial charge on any atom is -0.506 e. The van der Waals surface area contributed by atoms with Crippen molar-refractivity contribution in [1.29, 1.82) is 0 Å². The molecule has 5 rings (SSSR count). The predicted octanol–water partition coefficient (Wildman–Crippen LogP) is 8.42. The second kappa shape index (κ2) is 10.3. The molecule has 3 aromatic carbocycles. The Morgan fingerprint density at radius 1 is 1.03 bits per heavy atom. The fraction of sp³-hybridized carbons (Fsp3) is 0.258. The van der Waals surface area contributed by atoms with Crippen molar-refractivity contribution in [3.8, 4) is 16.9 Å². The quantitative estimate of drug-likeness (QED) is 0.259. The van der Waals surface area contributed by atoms with E-state index in [1.165, 1.54) is 23.8 Å². The molecule has 0 atom stereocenters. The molecule has 5 heteroatoms. The Bertz CT molecular complexity index is 1420. The average molecular weight is 500 g/mol. The number of aromatic hydroxyl groups is 1. The number of nitrogens with zero attached hydrogens (tertiary/aromatic N) is 1. The van der Waals surface area contributed by atoms with E-state index in [-0.39, 0.29) is 23.4 Å². The third-order valence-corrected chi connectivity index (χ3v) is 8.41. The number of ketones is 1. The smallest absolute Gasteiger partial charge is 0.159 e. The SMILES string of the molecule is C=C(c1sc2ccccc2c1O)N(Cc1cc(-c2ccc(C(C)=O)cc2)ccc1F)C1CCCCC1. The summed E-state index contributed by atoms with van der Waals surface area (Å²) in [5.74, 6) is 0.0157. The molecule has 1 aromatic heterocycles. The van der Waals surface area contributed by atoms with E-state index < -0.39 is 0 Å². The van der Waals surface area contributed by atoms with Gasteiger partial charge in [0.05, 0.1) is 10.6 Å². The highest BCUT2D eigenvalue weighted by Crippen LogP contribution is 2.43. The molecule has 0 aliphatic heterocycles. The lowest BCUT2D eigenvalue weighted by Crippen LogP contribution is -2.34. The van der Waals surface area contributed by atoms with Gasteiger partial charge in [-0.1, -0.05) is 68.3 Å². The van der Waals surface area contributed by atoms with Crippen LogP contribution in [0.3, 0.4) is 0 Å². The van der Waals surface area contributed by atoms with Gasteiger partial charge in [-0.15, -0.1) is 11.3 Å². The first-order chi connectivity index (χ1) is 17.4. The Labute approximate surface area is 215 Å². The van der Waals surface area contributed by atoms with Crippen LogP contribution in [0.4, 0.5) is 4.39 Å². The Morgan fingerprint density at radius 2 is 1.72 bits per heavy atom. The van der Waals surface area contributed by atoms with Crippen LogP contribution < -0.4 is 0 Å². The van der Waals surface area contributed by atoms with E-state index in [2.05, 4.69) is 11.5 Å². The summed E-state index contributed by atoms with van der Waals surface area (Å²) in [5.41, 5.74) is 3.84. The molecule has 0 saturated heterocycles. The summed E-state index contributed by atoms with van der Waals surface area (Å²) in [5, 5.41) is 11.8. The largest absolute Gasteiger partial charge is 0.506 e. The lowest BCUT2D eigenvalue weighted by Gasteiger charge is -2.37. The first kappa shape index (κ1) is 24.3. The molecular weight excluding hydrogens is 469 g/mol. The third-order valence-electron chi connectivity index (χ3n) is 7.20. The van der Waals surface area contributed by atoms with Crippen LogP contribution in [-0.4, -0.2) is 21.8 Å². The van der Waals surface area contributed by atoms with Gasteiger partial charge in [-0.25, -0.2) is 4.39 Å². The molecule has 1 fully saturated rings. The molecule has 0 spiro atoms. The summed E-state index contributed by atoms with van der Waals surface area (Å²) < 4.78 is 16.2. The Kier molecular flexibility index (Phi) is 6.92. The molecule has 1 saturated carbocycles. The summed E-state index contributed by atoms with van der Waals surface area (Å²) in [6.07, 6.45) is 5.54. The Hall–Kier alpha value is -3.44. The summed E-state index contributed by atoms with van der Waals surface area (Å²) in [6.45, 7) is 6.34. The van der Waals surface area contributed by atoms with Crippen LogP contribution >= 0.6 is 11.3 Å². The molecule has 0 bridgehead atoms. The first-order valence-corrected chi connectivity index (χ1v) is 13.3. The van der Waals surface area contributed by atoms with Crippen molar-refractivity contribution in [2.75, 3.05) is 0 Å². The van der Waals surface area contributed by atoms with E-state index in [0.29, 0.717) is 17.7 Å². The van der Waals surface area contributed by atoms with Gasteiger partial charge in [0.15, 0.2) is 5.78 Å². The highest BCUT2D eigenvalue weighted by Gasteiger charge is 2.27. The molecule has 1 aliphatic rings. The zero-order chi connectivity index (χ0) is 25.2. The molecule has 4 aromatic rings. The lowest BCUT2D eigenvalue weighted by atomic mass is 9.93. The maximum absolute atomic E-state index is 15.1. The summed E-state index contributed by atoms with van der Waals surface area (Å²) in [6, 6.07) is 20.7. The van der Waals surface area contributed by atoms with Crippen LogP contribution in [0.2, 0.25) is 0 Å². The highest BCUT2D eigenvalue weighted by molar-refractivity contribution is 7.20. The summed E-state index contributed by atoms with van der Waals surface area (Å²) in [4.78, 5) is 14.6. The first-order valence-electron chi connectivity index (χ1n) is 12.5. The molecule has 36 heavy (non-hydrogen) atoms. The van der Waals surface area contributed by atoms with Crippen LogP contribution in [0.1, 0.15) is 59.8 Å². The number of hydrogen-bond donors (Lipinski definition) is 1.